The lowest BCUT2D eigenvalue weighted by atomic mass is 10.1. The molecule has 0 radical (unpaired) electrons. The Hall–Kier alpha value is -3.47. The van der Waals surface area contributed by atoms with Crippen LogP contribution in [0.4, 0.5) is 17.3 Å². The van der Waals surface area contributed by atoms with Gasteiger partial charge in [0.05, 0.1) is 11.2 Å². The van der Waals surface area contributed by atoms with Crippen LogP contribution in [-0.4, -0.2) is 15.0 Å². The monoisotopic (exact) mass is 341 g/mol. The third-order valence-corrected chi connectivity index (χ3v) is 4.12. The molecule has 0 amide bonds. The van der Waals surface area contributed by atoms with Crippen LogP contribution < -0.4 is 10.6 Å². The van der Waals surface area contributed by atoms with Crippen molar-refractivity contribution in [3.63, 3.8) is 0 Å². The van der Waals surface area contributed by atoms with E-state index in [-0.39, 0.29) is 0 Å². The van der Waals surface area contributed by atoms with Gasteiger partial charge in [-0.05, 0) is 24.6 Å². The molecule has 2 aromatic carbocycles. The van der Waals surface area contributed by atoms with E-state index in [2.05, 4.69) is 56.8 Å². The second-order valence-electron chi connectivity index (χ2n) is 6.14. The minimum atomic E-state index is 0.716. The zero-order valence-corrected chi connectivity index (χ0v) is 14.5. The van der Waals surface area contributed by atoms with Gasteiger partial charge in [-0.25, -0.2) is 9.97 Å². The molecule has 2 aromatic heterocycles. The number of aromatic nitrogens is 3. The minimum absolute atomic E-state index is 0.716. The highest BCUT2D eigenvalue weighted by atomic mass is 15.1. The van der Waals surface area contributed by atoms with E-state index in [9.17, 15) is 0 Å². The number of anilines is 3. The molecule has 0 saturated heterocycles. The van der Waals surface area contributed by atoms with Crippen LogP contribution >= 0.6 is 0 Å². The molecule has 4 rings (SSSR count). The number of nitrogens with one attached hydrogen (secondary N) is 2. The molecule has 0 aliphatic rings. The lowest BCUT2D eigenvalue weighted by molar-refractivity contribution is 1.08. The summed E-state index contributed by atoms with van der Waals surface area (Å²) in [6.45, 7) is 2.81. The van der Waals surface area contributed by atoms with E-state index < -0.39 is 0 Å². The van der Waals surface area contributed by atoms with Gasteiger partial charge >= 0.3 is 0 Å². The molecule has 0 aliphatic carbocycles. The average Bonchev–Trinajstić information content (AvgIpc) is 2.67. The van der Waals surface area contributed by atoms with Crippen LogP contribution in [0.2, 0.25) is 0 Å². The first-order chi connectivity index (χ1) is 12.8. The molecule has 0 saturated carbocycles. The maximum absolute atomic E-state index is 4.46. The van der Waals surface area contributed by atoms with Gasteiger partial charge in [-0.1, -0.05) is 48.0 Å². The third-order valence-electron chi connectivity index (χ3n) is 4.12. The Bertz CT molecular complexity index is 1040. The number of benzene rings is 2. The number of rotatable bonds is 5. The first-order valence-corrected chi connectivity index (χ1v) is 8.50. The van der Waals surface area contributed by atoms with Gasteiger partial charge in [0, 0.05) is 24.2 Å². The Balaban J connectivity index is 1.52. The normalized spacial score (nSPS) is 10.7. The van der Waals surface area contributed by atoms with Crippen LogP contribution in [0.15, 0.2) is 73.2 Å². The molecule has 4 aromatic rings. The van der Waals surface area contributed by atoms with Crippen LogP contribution in [0.1, 0.15) is 11.1 Å². The minimum Gasteiger partial charge on any atom is -0.366 e. The Kier molecular flexibility index (Phi) is 4.43. The molecule has 0 bridgehead atoms. The third kappa shape index (κ3) is 3.62. The molecule has 5 nitrogen and oxygen atoms in total. The van der Waals surface area contributed by atoms with Gasteiger partial charge in [0.2, 0.25) is 0 Å². The molecule has 0 atom stereocenters. The van der Waals surface area contributed by atoms with Crippen molar-refractivity contribution in [3.05, 3.63) is 84.3 Å². The van der Waals surface area contributed by atoms with E-state index in [1.165, 1.54) is 11.1 Å². The number of nitrogens with zero attached hydrogens (tertiary/aromatic N) is 3. The van der Waals surface area contributed by atoms with E-state index in [1.807, 2.05) is 36.4 Å². The first kappa shape index (κ1) is 16.0. The number of pyridine rings is 1. The SMILES string of the molecule is Cc1cccc(CNc2cc(Nc3cccc4cccnc34)ncn2)c1. The van der Waals surface area contributed by atoms with Gasteiger partial charge in [-0.15, -0.1) is 0 Å². The van der Waals surface area contributed by atoms with E-state index in [0.717, 1.165) is 28.2 Å². The number of fused-ring (bicyclic) bond motifs is 1. The lowest BCUT2D eigenvalue weighted by Crippen LogP contribution is -2.03. The summed E-state index contributed by atoms with van der Waals surface area (Å²) in [5, 5.41) is 7.77. The zero-order valence-electron chi connectivity index (χ0n) is 14.5. The van der Waals surface area contributed by atoms with Gasteiger partial charge in [0.25, 0.3) is 0 Å². The number of aryl methyl sites for hydroxylation is 1. The van der Waals surface area contributed by atoms with Gasteiger partial charge < -0.3 is 10.6 Å². The maximum Gasteiger partial charge on any atom is 0.135 e. The lowest BCUT2D eigenvalue weighted by Gasteiger charge is -2.10. The van der Waals surface area contributed by atoms with Gasteiger partial charge in [-0.3, -0.25) is 4.98 Å². The molecule has 2 N–H and O–H groups in total. The molecule has 2 heterocycles. The fraction of sp³-hybridized carbons (Fsp3) is 0.0952. The molecular weight excluding hydrogens is 322 g/mol. The summed E-state index contributed by atoms with van der Waals surface area (Å²) in [5.74, 6) is 1.50. The predicted octanol–water partition coefficient (Wildman–Crippen LogP) is 4.69. The highest BCUT2D eigenvalue weighted by Gasteiger charge is 2.04. The van der Waals surface area contributed by atoms with Crippen molar-refractivity contribution in [1.82, 2.24) is 15.0 Å². The standard InChI is InChI=1S/C21H19N5/c1-15-5-2-6-16(11-15)13-23-19-12-20(25-14-24-19)26-18-9-3-7-17-8-4-10-22-21(17)18/h2-12,14H,13H2,1H3,(H2,23,24,25,26). The highest BCUT2D eigenvalue weighted by Crippen LogP contribution is 2.24. The number of hydrogen-bond acceptors (Lipinski definition) is 5. The molecule has 0 fully saturated rings. The summed E-state index contributed by atoms with van der Waals surface area (Å²) in [6.07, 6.45) is 3.35. The maximum atomic E-state index is 4.46. The Labute approximate surface area is 152 Å². The molecule has 5 heteroatoms. The smallest absolute Gasteiger partial charge is 0.135 e. The Morgan fingerprint density at radius 2 is 1.69 bits per heavy atom. The van der Waals surface area contributed by atoms with Crippen molar-refractivity contribution in [2.45, 2.75) is 13.5 Å². The van der Waals surface area contributed by atoms with E-state index in [0.29, 0.717) is 6.54 Å². The molecule has 0 aliphatic heterocycles. The van der Waals surface area contributed by atoms with Crippen LogP contribution in [-0.2, 0) is 6.54 Å². The van der Waals surface area contributed by atoms with E-state index >= 15 is 0 Å². The average molecular weight is 341 g/mol. The molecule has 26 heavy (non-hydrogen) atoms. The summed E-state index contributed by atoms with van der Waals surface area (Å²) in [6, 6.07) is 20.3. The van der Waals surface area contributed by atoms with Crippen LogP contribution in [0.25, 0.3) is 10.9 Å². The van der Waals surface area contributed by atoms with Crippen molar-refractivity contribution in [2.24, 2.45) is 0 Å². The number of para-hydroxylation sites is 1. The quantitative estimate of drug-likeness (QED) is 0.551. The van der Waals surface area contributed by atoms with Gasteiger partial charge in [-0.2, -0.15) is 0 Å². The fourth-order valence-corrected chi connectivity index (χ4v) is 2.88. The summed E-state index contributed by atoms with van der Waals surface area (Å²) >= 11 is 0. The second kappa shape index (κ2) is 7.19. The molecule has 0 spiro atoms. The van der Waals surface area contributed by atoms with Gasteiger partial charge in [0.1, 0.15) is 18.0 Å². The molecule has 128 valence electrons. The van der Waals surface area contributed by atoms with Crippen molar-refractivity contribution >= 4 is 28.2 Å². The fourth-order valence-electron chi connectivity index (χ4n) is 2.88. The van der Waals surface area contributed by atoms with Crippen LogP contribution in [0.3, 0.4) is 0 Å². The summed E-state index contributed by atoms with van der Waals surface area (Å²) in [5.41, 5.74) is 4.31. The van der Waals surface area contributed by atoms with Crippen LogP contribution in [0, 0.1) is 6.92 Å². The van der Waals surface area contributed by atoms with E-state index in [1.54, 1.807) is 12.5 Å². The predicted molar refractivity (Wildman–Crippen MR) is 106 cm³/mol. The first-order valence-electron chi connectivity index (χ1n) is 8.50. The summed E-state index contributed by atoms with van der Waals surface area (Å²) in [4.78, 5) is 13.1. The highest BCUT2D eigenvalue weighted by molar-refractivity contribution is 5.91. The number of hydrogen-bond donors (Lipinski definition) is 2. The molecular formula is C21H19N5. The largest absolute Gasteiger partial charge is 0.366 e. The van der Waals surface area contributed by atoms with Crippen molar-refractivity contribution in [1.29, 1.82) is 0 Å². The Morgan fingerprint density at radius 1 is 0.846 bits per heavy atom. The Morgan fingerprint density at radius 3 is 2.62 bits per heavy atom. The van der Waals surface area contributed by atoms with E-state index in [4.69, 9.17) is 0 Å². The van der Waals surface area contributed by atoms with Crippen LogP contribution in [0.5, 0.6) is 0 Å². The summed E-state index contributed by atoms with van der Waals surface area (Å²) < 4.78 is 0. The summed E-state index contributed by atoms with van der Waals surface area (Å²) in [7, 11) is 0. The van der Waals surface area contributed by atoms with Crippen molar-refractivity contribution < 1.29 is 0 Å². The second-order valence-corrected chi connectivity index (χ2v) is 6.14. The van der Waals surface area contributed by atoms with Crippen molar-refractivity contribution in [3.8, 4) is 0 Å². The van der Waals surface area contributed by atoms with Crippen molar-refractivity contribution in [2.75, 3.05) is 10.6 Å². The topological polar surface area (TPSA) is 62.7 Å². The van der Waals surface area contributed by atoms with Gasteiger partial charge in [0.15, 0.2) is 0 Å². The molecule has 0 unspecified atom stereocenters. The zero-order chi connectivity index (χ0) is 17.8.